The van der Waals surface area contributed by atoms with Gasteiger partial charge in [-0.1, -0.05) is 11.8 Å². The second-order valence-electron chi connectivity index (χ2n) is 5.56. The molecule has 8 heteroatoms. The molecule has 1 aromatic carbocycles. The maximum atomic E-state index is 12.0. The van der Waals surface area contributed by atoms with Crippen molar-refractivity contribution < 1.29 is 14.3 Å². The highest BCUT2D eigenvalue weighted by Gasteiger charge is 2.17. The number of ether oxygens (including phenoxy) is 1. The highest BCUT2D eigenvalue weighted by atomic mass is 32.2. The van der Waals surface area contributed by atoms with Gasteiger partial charge in [0.05, 0.1) is 24.1 Å². The Bertz CT molecular complexity index is 861. The minimum atomic E-state index is -0.430. The van der Waals surface area contributed by atoms with Crippen molar-refractivity contribution in [3.8, 4) is 0 Å². The molecule has 1 amide bonds. The van der Waals surface area contributed by atoms with Crippen LogP contribution in [0.15, 0.2) is 34.2 Å². The maximum absolute atomic E-state index is 12.0. The van der Waals surface area contributed by atoms with E-state index in [9.17, 15) is 14.4 Å². The van der Waals surface area contributed by atoms with Crippen molar-refractivity contribution in [2.45, 2.75) is 24.4 Å². The van der Waals surface area contributed by atoms with Crippen LogP contribution in [0.25, 0.3) is 0 Å². The molecule has 0 bridgehead atoms. The zero-order valence-corrected chi connectivity index (χ0v) is 14.4. The number of amides is 1. The molecule has 0 unspecified atom stereocenters. The third kappa shape index (κ3) is 4.08. The highest BCUT2D eigenvalue weighted by Crippen LogP contribution is 2.19. The van der Waals surface area contributed by atoms with Crippen LogP contribution in [0.5, 0.6) is 0 Å². The van der Waals surface area contributed by atoms with Crippen molar-refractivity contribution in [3.63, 3.8) is 0 Å². The summed E-state index contributed by atoms with van der Waals surface area (Å²) in [5, 5.41) is 3.19. The van der Waals surface area contributed by atoms with Crippen molar-refractivity contribution in [1.29, 1.82) is 0 Å². The summed E-state index contributed by atoms with van der Waals surface area (Å²) in [7, 11) is 1.31. The number of anilines is 1. The van der Waals surface area contributed by atoms with Crippen LogP contribution in [0, 0.1) is 0 Å². The summed E-state index contributed by atoms with van der Waals surface area (Å²) < 4.78 is 4.62. The van der Waals surface area contributed by atoms with Gasteiger partial charge in [0.2, 0.25) is 5.91 Å². The molecule has 0 saturated carbocycles. The van der Waals surface area contributed by atoms with Crippen LogP contribution in [0.3, 0.4) is 0 Å². The first-order valence-electron chi connectivity index (χ1n) is 7.80. The maximum Gasteiger partial charge on any atom is 0.337 e. The Kier molecular flexibility index (Phi) is 5.18. The van der Waals surface area contributed by atoms with Crippen LogP contribution >= 0.6 is 11.8 Å². The summed E-state index contributed by atoms with van der Waals surface area (Å²) in [5.41, 5.74) is 2.48. The van der Waals surface area contributed by atoms with Gasteiger partial charge in [0.1, 0.15) is 0 Å². The Morgan fingerprint density at radius 3 is 2.76 bits per heavy atom. The molecule has 0 fully saturated rings. The Balaban J connectivity index is 1.57. The first kappa shape index (κ1) is 17.2. The second-order valence-corrected chi connectivity index (χ2v) is 6.52. The number of H-pyrrole nitrogens is 1. The van der Waals surface area contributed by atoms with Crippen LogP contribution in [0.2, 0.25) is 0 Å². The summed E-state index contributed by atoms with van der Waals surface area (Å²) in [6.45, 7) is 0. The Hall–Kier alpha value is -2.61. The standard InChI is InChI=1S/C17H17N3O4S/c1-24-16(23)10-5-7-11(8-6-10)18-14(21)9-25-17-19-13-4-2-3-12(13)15(22)20-17/h5-8H,2-4,9H2,1H3,(H,18,21)(H,19,20,22). The molecule has 7 nitrogen and oxygen atoms in total. The van der Waals surface area contributed by atoms with Gasteiger partial charge in [-0.15, -0.1) is 0 Å². The summed E-state index contributed by atoms with van der Waals surface area (Å²) in [5.74, 6) is -0.528. The molecule has 1 aliphatic rings. The normalized spacial score (nSPS) is 12.5. The molecule has 3 rings (SSSR count). The van der Waals surface area contributed by atoms with Gasteiger partial charge in [-0.3, -0.25) is 9.59 Å². The molecule has 2 aromatic rings. The third-order valence-electron chi connectivity index (χ3n) is 3.85. The number of hydrogen-bond acceptors (Lipinski definition) is 6. The number of carbonyl (C=O) groups is 2. The number of methoxy groups -OCH3 is 1. The summed E-state index contributed by atoms with van der Waals surface area (Å²) in [4.78, 5) is 42.5. The van der Waals surface area contributed by atoms with Gasteiger partial charge in [-0.25, -0.2) is 9.78 Å². The zero-order chi connectivity index (χ0) is 17.8. The van der Waals surface area contributed by atoms with E-state index in [4.69, 9.17) is 0 Å². The summed E-state index contributed by atoms with van der Waals surface area (Å²) >= 11 is 1.19. The molecule has 130 valence electrons. The smallest absolute Gasteiger partial charge is 0.337 e. The topological polar surface area (TPSA) is 101 Å². The predicted molar refractivity (Wildman–Crippen MR) is 94.0 cm³/mol. The van der Waals surface area contributed by atoms with Gasteiger partial charge in [-0.2, -0.15) is 0 Å². The minimum Gasteiger partial charge on any atom is -0.465 e. The number of hydrogen-bond donors (Lipinski definition) is 2. The number of aryl methyl sites for hydroxylation is 1. The van der Waals surface area contributed by atoms with E-state index in [1.54, 1.807) is 24.3 Å². The fourth-order valence-electron chi connectivity index (χ4n) is 2.63. The number of esters is 1. The average Bonchev–Trinajstić information content (AvgIpc) is 3.09. The van der Waals surface area contributed by atoms with Gasteiger partial charge in [0.15, 0.2) is 5.16 Å². The van der Waals surface area contributed by atoms with E-state index < -0.39 is 5.97 Å². The van der Waals surface area contributed by atoms with Crippen LogP contribution in [-0.2, 0) is 22.4 Å². The Labute approximate surface area is 148 Å². The molecule has 25 heavy (non-hydrogen) atoms. The largest absolute Gasteiger partial charge is 0.465 e. The van der Waals surface area contributed by atoms with E-state index in [2.05, 4.69) is 20.0 Å². The summed E-state index contributed by atoms with van der Waals surface area (Å²) in [6, 6.07) is 6.41. The van der Waals surface area contributed by atoms with Crippen LogP contribution in [0.4, 0.5) is 5.69 Å². The van der Waals surface area contributed by atoms with Crippen LogP contribution in [0.1, 0.15) is 28.0 Å². The number of fused-ring (bicyclic) bond motifs is 1. The van der Waals surface area contributed by atoms with Crippen molar-refractivity contribution >= 4 is 29.3 Å². The molecule has 0 aliphatic heterocycles. The van der Waals surface area contributed by atoms with Gasteiger partial charge in [0, 0.05) is 11.3 Å². The van der Waals surface area contributed by atoms with E-state index in [0.717, 1.165) is 30.5 Å². The van der Waals surface area contributed by atoms with Crippen LogP contribution in [-0.4, -0.2) is 34.7 Å². The molecule has 0 atom stereocenters. The summed E-state index contributed by atoms with van der Waals surface area (Å²) in [6.07, 6.45) is 2.53. The minimum absolute atomic E-state index is 0.108. The van der Waals surface area contributed by atoms with Crippen molar-refractivity contribution in [1.82, 2.24) is 9.97 Å². The van der Waals surface area contributed by atoms with Gasteiger partial charge in [0.25, 0.3) is 5.56 Å². The lowest BCUT2D eigenvalue weighted by atomic mass is 10.2. The highest BCUT2D eigenvalue weighted by molar-refractivity contribution is 7.99. The number of aromatic amines is 1. The molecule has 0 spiro atoms. The zero-order valence-electron chi connectivity index (χ0n) is 13.6. The van der Waals surface area contributed by atoms with E-state index in [1.165, 1.54) is 18.9 Å². The van der Waals surface area contributed by atoms with E-state index in [-0.39, 0.29) is 17.2 Å². The predicted octanol–water partition coefficient (Wildman–Crippen LogP) is 1.78. The Morgan fingerprint density at radius 2 is 2.04 bits per heavy atom. The lowest BCUT2D eigenvalue weighted by molar-refractivity contribution is -0.113. The first-order chi connectivity index (χ1) is 12.1. The molecule has 1 heterocycles. The molecule has 1 aromatic heterocycles. The molecule has 1 aliphatic carbocycles. The molecule has 0 radical (unpaired) electrons. The second kappa shape index (κ2) is 7.52. The SMILES string of the molecule is COC(=O)c1ccc(NC(=O)CSc2nc3c(c(=O)[nH]2)CCC3)cc1. The molecule has 2 N–H and O–H groups in total. The third-order valence-corrected chi connectivity index (χ3v) is 4.72. The molecule has 0 saturated heterocycles. The number of thioether (sulfide) groups is 1. The van der Waals surface area contributed by atoms with Crippen molar-refractivity contribution in [3.05, 3.63) is 51.4 Å². The number of rotatable bonds is 5. The van der Waals surface area contributed by atoms with E-state index in [1.807, 2.05) is 0 Å². The number of nitrogens with one attached hydrogen (secondary N) is 2. The Morgan fingerprint density at radius 1 is 1.28 bits per heavy atom. The van der Waals surface area contributed by atoms with E-state index in [0.29, 0.717) is 16.4 Å². The number of benzene rings is 1. The van der Waals surface area contributed by atoms with Gasteiger partial charge in [-0.05, 0) is 43.5 Å². The van der Waals surface area contributed by atoms with Crippen molar-refractivity contribution in [2.75, 3.05) is 18.2 Å². The monoisotopic (exact) mass is 359 g/mol. The van der Waals surface area contributed by atoms with Gasteiger partial charge < -0.3 is 15.0 Å². The van der Waals surface area contributed by atoms with Gasteiger partial charge >= 0.3 is 5.97 Å². The number of nitrogens with zero attached hydrogens (tertiary/aromatic N) is 1. The fraction of sp³-hybridized carbons (Fsp3) is 0.294. The fourth-order valence-corrected chi connectivity index (χ4v) is 3.31. The van der Waals surface area contributed by atoms with Crippen LogP contribution < -0.4 is 10.9 Å². The number of carbonyl (C=O) groups excluding carboxylic acids is 2. The lowest BCUT2D eigenvalue weighted by Crippen LogP contribution is -2.17. The average molecular weight is 359 g/mol. The quantitative estimate of drug-likeness (QED) is 0.479. The van der Waals surface area contributed by atoms with Crippen molar-refractivity contribution in [2.24, 2.45) is 0 Å². The first-order valence-corrected chi connectivity index (χ1v) is 8.78. The molecular weight excluding hydrogens is 342 g/mol. The number of aromatic nitrogens is 2. The van der Waals surface area contributed by atoms with E-state index >= 15 is 0 Å². The lowest BCUT2D eigenvalue weighted by Gasteiger charge is -2.06. The molecular formula is C17H17N3O4S.